The van der Waals surface area contributed by atoms with Crippen LogP contribution in [0.25, 0.3) is 0 Å². The number of aliphatic hydroxyl groups excluding tert-OH is 1. The summed E-state index contributed by atoms with van der Waals surface area (Å²) in [4.78, 5) is 3.56. The standard InChI is InChI=1S/C17H26ClF2NO2Si.C11H12ClF2NO2/c1-17(2,3)24(4,5)23-11-12-10-13(16(20)14(18)15(12)19)21-6-8-22-9-7-21;12-9-10(13)7(6-16)5-8(11(9)14)15-1-3-17-4-2-15/h10H,6-9,11H2,1-5H3;5,16H,1-4,6H2. The lowest BCUT2D eigenvalue weighted by atomic mass is 10.1. The molecule has 41 heavy (non-hydrogen) atoms. The van der Waals surface area contributed by atoms with E-state index in [0.29, 0.717) is 63.9 Å². The van der Waals surface area contributed by atoms with Crippen LogP contribution in [-0.2, 0) is 27.1 Å². The first-order valence-corrected chi connectivity index (χ1v) is 17.1. The summed E-state index contributed by atoms with van der Waals surface area (Å²) in [6.45, 7) is 14.3. The normalized spacial score (nSPS) is 16.5. The predicted octanol–water partition coefficient (Wildman–Crippen LogP) is 6.92. The number of morpholine rings is 2. The number of hydrogen-bond donors (Lipinski definition) is 1. The Morgan fingerprint density at radius 1 is 0.780 bits per heavy atom. The van der Waals surface area contributed by atoms with E-state index in [1.807, 2.05) is 4.90 Å². The lowest BCUT2D eigenvalue weighted by molar-refractivity contribution is 0.122. The van der Waals surface area contributed by atoms with Crippen molar-refractivity contribution in [2.24, 2.45) is 0 Å². The summed E-state index contributed by atoms with van der Waals surface area (Å²) >= 11 is 11.5. The fourth-order valence-corrected chi connectivity index (χ4v) is 5.43. The first-order valence-electron chi connectivity index (χ1n) is 13.4. The molecule has 0 radical (unpaired) electrons. The van der Waals surface area contributed by atoms with E-state index in [4.69, 9.17) is 42.2 Å². The molecule has 0 bridgehead atoms. The van der Waals surface area contributed by atoms with Crippen LogP contribution in [0.1, 0.15) is 31.9 Å². The van der Waals surface area contributed by atoms with E-state index in [-0.39, 0.29) is 22.9 Å². The molecule has 2 fully saturated rings. The van der Waals surface area contributed by atoms with Gasteiger partial charge in [-0.15, -0.1) is 0 Å². The molecule has 0 spiro atoms. The van der Waals surface area contributed by atoms with Crippen LogP contribution in [0.3, 0.4) is 0 Å². The molecule has 0 aromatic heterocycles. The molecule has 2 aromatic carbocycles. The Labute approximate surface area is 250 Å². The highest BCUT2D eigenvalue weighted by Gasteiger charge is 2.37. The molecule has 2 aliphatic heterocycles. The number of benzene rings is 2. The van der Waals surface area contributed by atoms with Crippen molar-refractivity contribution in [3.63, 3.8) is 0 Å². The fourth-order valence-electron chi connectivity index (χ4n) is 4.05. The first kappa shape index (κ1) is 33.9. The maximum Gasteiger partial charge on any atom is 0.192 e. The number of nitrogens with zero attached hydrogens (tertiary/aromatic N) is 2. The highest BCUT2D eigenvalue weighted by Crippen LogP contribution is 2.38. The Hall–Kier alpha value is -1.60. The van der Waals surface area contributed by atoms with Gasteiger partial charge >= 0.3 is 0 Å². The van der Waals surface area contributed by atoms with Crippen LogP contribution in [0, 0.1) is 23.3 Å². The topological polar surface area (TPSA) is 54.4 Å². The summed E-state index contributed by atoms with van der Waals surface area (Å²) in [5.74, 6) is -3.14. The zero-order valence-electron chi connectivity index (χ0n) is 24.1. The van der Waals surface area contributed by atoms with E-state index in [2.05, 4.69) is 33.9 Å². The third-order valence-corrected chi connectivity index (χ3v) is 12.8. The van der Waals surface area contributed by atoms with Crippen LogP contribution in [0.2, 0.25) is 28.2 Å². The summed E-state index contributed by atoms with van der Waals surface area (Å²) in [6, 6.07) is 2.82. The Morgan fingerprint density at radius 3 is 1.56 bits per heavy atom. The van der Waals surface area contributed by atoms with Crippen LogP contribution < -0.4 is 9.80 Å². The number of halogens is 6. The number of anilines is 2. The number of aliphatic hydroxyl groups is 1. The quantitative estimate of drug-likeness (QED) is 0.210. The highest BCUT2D eigenvalue weighted by atomic mass is 35.5. The smallest absolute Gasteiger partial charge is 0.192 e. The van der Waals surface area contributed by atoms with Gasteiger partial charge < -0.3 is 28.8 Å². The first-order chi connectivity index (χ1) is 19.2. The van der Waals surface area contributed by atoms with Crippen LogP contribution in [0.4, 0.5) is 28.9 Å². The van der Waals surface area contributed by atoms with Crippen molar-refractivity contribution in [1.29, 1.82) is 0 Å². The van der Waals surface area contributed by atoms with Gasteiger partial charge in [-0.05, 0) is 30.3 Å². The molecule has 1 N–H and O–H groups in total. The molecule has 0 saturated carbocycles. The van der Waals surface area contributed by atoms with E-state index in [0.717, 1.165) is 0 Å². The van der Waals surface area contributed by atoms with Gasteiger partial charge in [0.1, 0.15) is 21.7 Å². The van der Waals surface area contributed by atoms with Crippen LogP contribution in [0.5, 0.6) is 0 Å². The van der Waals surface area contributed by atoms with E-state index >= 15 is 0 Å². The summed E-state index contributed by atoms with van der Waals surface area (Å²) in [5, 5.41) is 7.97. The van der Waals surface area contributed by atoms with Gasteiger partial charge in [-0.1, -0.05) is 44.0 Å². The van der Waals surface area contributed by atoms with Crippen molar-refractivity contribution in [3.8, 4) is 0 Å². The molecule has 2 aliphatic rings. The zero-order chi connectivity index (χ0) is 30.5. The molecule has 230 valence electrons. The van der Waals surface area contributed by atoms with Crippen molar-refractivity contribution in [2.45, 2.75) is 52.1 Å². The van der Waals surface area contributed by atoms with E-state index in [1.165, 1.54) is 12.1 Å². The van der Waals surface area contributed by atoms with Gasteiger partial charge in [0.15, 0.2) is 20.0 Å². The van der Waals surface area contributed by atoms with E-state index < -0.39 is 48.2 Å². The minimum atomic E-state index is -2.04. The molecule has 4 rings (SSSR count). The molecule has 2 heterocycles. The molecule has 0 amide bonds. The van der Waals surface area contributed by atoms with Gasteiger partial charge in [0.2, 0.25) is 0 Å². The predicted molar refractivity (Wildman–Crippen MR) is 157 cm³/mol. The highest BCUT2D eigenvalue weighted by molar-refractivity contribution is 6.74. The zero-order valence-corrected chi connectivity index (χ0v) is 26.6. The van der Waals surface area contributed by atoms with Crippen LogP contribution in [-0.4, -0.2) is 66.0 Å². The molecule has 0 atom stereocenters. The molecule has 13 heteroatoms. The van der Waals surface area contributed by atoms with E-state index in [9.17, 15) is 17.6 Å². The maximum absolute atomic E-state index is 14.4. The Morgan fingerprint density at radius 2 is 1.17 bits per heavy atom. The molecular formula is C28H38Cl2F4N2O4Si. The van der Waals surface area contributed by atoms with Crippen molar-refractivity contribution < 1.29 is 36.6 Å². The average molecular weight is 642 g/mol. The van der Waals surface area contributed by atoms with Gasteiger partial charge in [-0.3, -0.25) is 0 Å². The van der Waals surface area contributed by atoms with Crippen LogP contribution >= 0.6 is 23.2 Å². The third-order valence-electron chi connectivity index (χ3n) is 7.67. The molecule has 0 unspecified atom stereocenters. The molecule has 2 saturated heterocycles. The number of ether oxygens (including phenoxy) is 2. The average Bonchev–Trinajstić information content (AvgIpc) is 2.95. The Balaban J connectivity index is 0.000000239. The second-order valence-electron chi connectivity index (χ2n) is 11.4. The Kier molecular flexibility index (Phi) is 11.8. The fraction of sp³-hybridized carbons (Fsp3) is 0.571. The Bertz CT molecular complexity index is 1210. The summed E-state index contributed by atoms with van der Waals surface area (Å²) < 4.78 is 72.6. The lowest BCUT2D eigenvalue weighted by Gasteiger charge is -2.36. The minimum absolute atomic E-state index is 0.00195. The van der Waals surface area contributed by atoms with Gasteiger partial charge in [0.05, 0.1) is 51.0 Å². The van der Waals surface area contributed by atoms with Gasteiger partial charge in [0.25, 0.3) is 0 Å². The summed E-state index contributed by atoms with van der Waals surface area (Å²) in [6.07, 6.45) is 0. The minimum Gasteiger partial charge on any atom is -0.412 e. The van der Waals surface area contributed by atoms with Crippen molar-refractivity contribution in [3.05, 3.63) is 56.6 Å². The molecule has 0 aliphatic carbocycles. The third kappa shape index (κ3) is 8.07. The van der Waals surface area contributed by atoms with Gasteiger partial charge in [-0.25, -0.2) is 17.6 Å². The lowest BCUT2D eigenvalue weighted by Crippen LogP contribution is -2.40. The van der Waals surface area contributed by atoms with Crippen molar-refractivity contribution in [2.75, 3.05) is 62.4 Å². The van der Waals surface area contributed by atoms with Gasteiger partial charge in [-0.2, -0.15) is 0 Å². The summed E-state index contributed by atoms with van der Waals surface area (Å²) in [7, 11) is -2.04. The monoisotopic (exact) mass is 640 g/mol. The molecule has 6 nitrogen and oxygen atoms in total. The number of hydrogen-bond acceptors (Lipinski definition) is 6. The second-order valence-corrected chi connectivity index (χ2v) is 17.0. The van der Waals surface area contributed by atoms with Crippen molar-refractivity contribution >= 4 is 42.9 Å². The maximum atomic E-state index is 14.4. The summed E-state index contributed by atoms with van der Waals surface area (Å²) in [5.41, 5.74) is 0.827. The van der Waals surface area contributed by atoms with E-state index in [1.54, 1.807) is 4.90 Å². The van der Waals surface area contributed by atoms with Gasteiger partial charge in [0, 0.05) is 37.3 Å². The molecular weight excluding hydrogens is 603 g/mol. The van der Waals surface area contributed by atoms with Crippen LogP contribution in [0.15, 0.2) is 12.1 Å². The number of rotatable bonds is 6. The largest absolute Gasteiger partial charge is 0.412 e. The SMILES string of the molecule is CC(C)(C)[Si](C)(C)OCc1cc(N2CCOCC2)c(F)c(Cl)c1F.OCc1cc(N2CCOCC2)c(F)c(Cl)c1F. The molecule has 2 aromatic rings. The second kappa shape index (κ2) is 14.2. The van der Waals surface area contributed by atoms with Crippen molar-refractivity contribution in [1.82, 2.24) is 0 Å².